The fraction of sp³-hybridized carbons (Fsp3) is 0.667. The van der Waals surface area contributed by atoms with E-state index in [1.165, 1.54) is 38.6 Å². The van der Waals surface area contributed by atoms with Gasteiger partial charge >= 0.3 is 0 Å². The summed E-state index contributed by atoms with van der Waals surface area (Å²) in [6, 6.07) is 11.4. The summed E-state index contributed by atoms with van der Waals surface area (Å²) in [5, 5.41) is 3.45. The first-order valence-electron chi connectivity index (χ1n) is 8.01. The topological polar surface area (TPSA) is 12.0 Å². The van der Waals surface area contributed by atoms with Crippen molar-refractivity contribution in [1.82, 2.24) is 5.32 Å². The molecule has 4 bridgehead atoms. The number of hydrogen-bond donors (Lipinski definition) is 1. The molecule has 1 heteroatoms. The molecule has 5 rings (SSSR count). The van der Waals surface area contributed by atoms with Crippen LogP contribution in [0, 0.1) is 23.7 Å². The summed E-state index contributed by atoms with van der Waals surface area (Å²) in [5.74, 6) is 3.95. The predicted molar refractivity (Wildman–Crippen MR) is 79.1 cm³/mol. The molecule has 4 aliphatic carbocycles. The molecular weight excluding hydrogens is 230 g/mol. The summed E-state index contributed by atoms with van der Waals surface area (Å²) in [6.07, 6.45) is 7.40. The van der Waals surface area contributed by atoms with Crippen molar-refractivity contribution >= 4 is 0 Å². The number of benzene rings is 1. The van der Waals surface area contributed by atoms with E-state index in [0.29, 0.717) is 5.41 Å². The van der Waals surface area contributed by atoms with Crippen molar-refractivity contribution in [2.24, 2.45) is 23.7 Å². The van der Waals surface area contributed by atoms with Gasteiger partial charge in [0.05, 0.1) is 0 Å². The number of nitrogens with one attached hydrogen (secondary N) is 1. The van der Waals surface area contributed by atoms with E-state index in [1.54, 1.807) is 5.56 Å². The average molecular weight is 255 g/mol. The van der Waals surface area contributed by atoms with Crippen molar-refractivity contribution in [1.29, 1.82) is 0 Å². The molecule has 2 atom stereocenters. The molecule has 1 nitrogen and oxygen atoms in total. The van der Waals surface area contributed by atoms with Crippen molar-refractivity contribution in [2.45, 2.75) is 37.5 Å². The highest BCUT2D eigenvalue weighted by atomic mass is 14.8. The SMILES string of the molecule is CNCC1C2CC3CC1CC(c1ccccc1)(C3)C2. The molecule has 0 aromatic heterocycles. The quantitative estimate of drug-likeness (QED) is 0.870. The summed E-state index contributed by atoms with van der Waals surface area (Å²) < 4.78 is 0. The Morgan fingerprint density at radius 2 is 1.74 bits per heavy atom. The van der Waals surface area contributed by atoms with Gasteiger partial charge in [-0.3, -0.25) is 0 Å². The van der Waals surface area contributed by atoms with E-state index in [0.717, 1.165) is 23.7 Å². The first kappa shape index (κ1) is 12.0. The van der Waals surface area contributed by atoms with Crippen LogP contribution in [0.2, 0.25) is 0 Å². The molecular formula is C18H25N. The third-order valence-electron chi connectivity index (χ3n) is 6.29. The van der Waals surface area contributed by atoms with Gasteiger partial charge < -0.3 is 5.32 Å². The van der Waals surface area contributed by atoms with Crippen LogP contribution in [0.4, 0.5) is 0 Å². The molecule has 0 spiro atoms. The minimum atomic E-state index is 0.544. The van der Waals surface area contributed by atoms with E-state index in [9.17, 15) is 0 Å². The van der Waals surface area contributed by atoms with Crippen LogP contribution in [0.1, 0.15) is 37.7 Å². The van der Waals surface area contributed by atoms with E-state index in [4.69, 9.17) is 0 Å². The Morgan fingerprint density at radius 3 is 2.37 bits per heavy atom. The van der Waals surface area contributed by atoms with Gasteiger partial charge in [0, 0.05) is 0 Å². The highest BCUT2D eigenvalue weighted by Gasteiger charge is 2.55. The van der Waals surface area contributed by atoms with E-state index < -0.39 is 0 Å². The van der Waals surface area contributed by atoms with E-state index >= 15 is 0 Å². The molecule has 1 aromatic rings. The second-order valence-corrected chi connectivity index (χ2v) is 7.34. The molecule has 1 aromatic carbocycles. The van der Waals surface area contributed by atoms with Gasteiger partial charge in [0.2, 0.25) is 0 Å². The van der Waals surface area contributed by atoms with Gasteiger partial charge in [-0.25, -0.2) is 0 Å². The lowest BCUT2D eigenvalue weighted by Gasteiger charge is -2.60. The van der Waals surface area contributed by atoms with Gasteiger partial charge in [0.15, 0.2) is 0 Å². The molecule has 4 aliphatic rings. The zero-order valence-corrected chi connectivity index (χ0v) is 11.9. The third kappa shape index (κ3) is 1.78. The third-order valence-corrected chi connectivity index (χ3v) is 6.29. The minimum Gasteiger partial charge on any atom is -0.319 e. The van der Waals surface area contributed by atoms with Crippen LogP contribution >= 0.6 is 0 Å². The van der Waals surface area contributed by atoms with Gasteiger partial charge in [-0.05, 0) is 80.3 Å². The smallest absolute Gasteiger partial charge is 0.00182 e. The van der Waals surface area contributed by atoms with Crippen molar-refractivity contribution in [2.75, 3.05) is 13.6 Å². The molecule has 0 aliphatic heterocycles. The van der Waals surface area contributed by atoms with Crippen molar-refractivity contribution in [3.05, 3.63) is 35.9 Å². The average Bonchev–Trinajstić information content (AvgIpc) is 2.43. The zero-order valence-electron chi connectivity index (χ0n) is 11.9. The largest absolute Gasteiger partial charge is 0.319 e. The van der Waals surface area contributed by atoms with Crippen LogP contribution in [0.5, 0.6) is 0 Å². The fourth-order valence-electron chi connectivity index (χ4n) is 5.84. The summed E-state index contributed by atoms with van der Waals surface area (Å²) in [7, 11) is 2.12. The molecule has 4 saturated carbocycles. The molecule has 19 heavy (non-hydrogen) atoms. The molecule has 0 heterocycles. The normalized spacial score (nSPS) is 43.6. The van der Waals surface area contributed by atoms with Crippen LogP contribution < -0.4 is 5.32 Å². The minimum absolute atomic E-state index is 0.544. The Hall–Kier alpha value is -0.820. The van der Waals surface area contributed by atoms with Gasteiger partial charge in [-0.1, -0.05) is 30.3 Å². The monoisotopic (exact) mass is 255 g/mol. The van der Waals surface area contributed by atoms with Crippen LogP contribution in [-0.2, 0) is 5.41 Å². The fourth-order valence-corrected chi connectivity index (χ4v) is 5.84. The summed E-state index contributed by atoms with van der Waals surface area (Å²) in [6.45, 7) is 1.24. The molecule has 4 fully saturated rings. The molecule has 0 radical (unpaired) electrons. The van der Waals surface area contributed by atoms with E-state index in [2.05, 4.69) is 42.7 Å². The Morgan fingerprint density at radius 1 is 1.05 bits per heavy atom. The second kappa shape index (κ2) is 4.34. The Balaban J connectivity index is 1.67. The van der Waals surface area contributed by atoms with Crippen molar-refractivity contribution < 1.29 is 0 Å². The highest BCUT2D eigenvalue weighted by Crippen LogP contribution is 2.62. The van der Waals surface area contributed by atoms with Crippen LogP contribution in [0.3, 0.4) is 0 Å². The Labute approximate surface area is 116 Å². The number of hydrogen-bond acceptors (Lipinski definition) is 1. The molecule has 1 N–H and O–H groups in total. The number of rotatable bonds is 3. The maximum absolute atomic E-state index is 3.45. The summed E-state index contributed by atoms with van der Waals surface area (Å²) in [4.78, 5) is 0. The maximum Gasteiger partial charge on any atom is -0.00182 e. The van der Waals surface area contributed by atoms with Crippen molar-refractivity contribution in [3.8, 4) is 0 Å². The lowest BCUT2D eigenvalue weighted by atomic mass is 9.45. The standard InChI is InChI=1S/C18H25N/c1-19-12-17-14-7-13-8-15(17)11-18(9-13,10-14)16-5-3-2-4-6-16/h2-6,13-15,17,19H,7-12H2,1H3. The van der Waals surface area contributed by atoms with Crippen LogP contribution in [0.25, 0.3) is 0 Å². The highest BCUT2D eigenvalue weighted by molar-refractivity contribution is 5.29. The van der Waals surface area contributed by atoms with Gasteiger partial charge in [-0.2, -0.15) is 0 Å². The summed E-state index contributed by atoms with van der Waals surface area (Å²) in [5.41, 5.74) is 2.18. The molecule has 0 saturated heterocycles. The second-order valence-electron chi connectivity index (χ2n) is 7.34. The van der Waals surface area contributed by atoms with E-state index in [1.807, 2.05) is 0 Å². The van der Waals surface area contributed by atoms with Crippen molar-refractivity contribution in [3.63, 3.8) is 0 Å². The molecule has 0 amide bonds. The zero-order chi connectivity index (χ0) is 12.9. The molecule has 2 unspecified atom stereocenters. The van der Waals surface area contributed by atoms with Gasteiger partial charge in [0.1, 0.15) is 0 Å². The Bertz CT molecular complexity index is 436. The molecule has 102 valence electrons. The Kier molecular flexibility index (Phi) is 2.73. The van der Waals surface area contributed by atoms with Gasteiger partial charge in [-0.15, -0.1) is 0 Å². The lowest BCUT2D eigenvalue weighted by molar-refractivity contribution is -0.0546. The first-order valence-corrected chi connectivity index (χ1v) is 8.01. The van der Waals surface area contributed by atoms with Crippen LogP contribution in [-0.4, -0.2) is 13.6 Å². The first-order chi connectivity index (χ1) is 9.31. The lowest BCUT2D eigenvalue weighted by Crippen LogP contribution is -2.54. The van der Waals surface area contributed by atoms with Crippen LogP contribution in [0.15, 0.2) is 30.3 Å². The van der Waals surface area contributed by atoms with Gasteiger partial charge in [0.25, 0.3) is 0 Å². The van der Waals surface area contributed by atoms with E-state index in [-0.39, 0.29) is 0 Å². The maximum atomic E-state index is 3.45. The predicted octanol–water partition coefficient (Wildman–Crippen LogP) is 3.60. The summed E-state index contributed by atoms with van der Waals surface area (Å²) >= 11 is 0.